The number of hydrogen-bond donors (Lipinski definition) is 2. The number of thiophene rings is 1. The Hall–Kier alpha value is -2.66. The van der Waals surface area contributed by atoms with Crippen LogP contribution in [-0.4, -0.2) is 18.4 Å². The monoisotopic (exact) mass is 366 g/mol. The standard InChI is InChI=1S/C21H22N2O2S/c1-15(17-9-8-16-5-2-3-6-18(16)13-17)23-20(24)7-4-11-22-21(25)19-10-12-26-14-19/h2-3,5-6,8-10,12-15H,4,7,11H2,1H3,(H,22,25)(H,23,24). The van der Waals surface area contributed by atoms with E-state index in [0.29, 0.717) is 24.9 Å². The van der Waals surface area contributed by atoms with Crippen molar-refractivity contribution < 1.29 is 9.59 Å². The maximum Gasteiger partial charge on any atom is 0.252 e. The van der Waals surface area contributed by atoms with Crippen molar-refractivity contribution in [2.24, 2.45) is 0 Å². The lowest BCUT2D eigenvalue weighted by atomic mass is 10.0. The molecule has 5 heteroatoms. The van der Waals surface area contributed by atoms with Crippen LogP contribution in [0.2, 0.25) is 0 Å². The molecule has 0 aliphatic heterocycles. The summed E-state index contributed by atoms with van der Waals surface area (Å²) in [6.45, 7) is 2.48. The van der Waals surface area contributed by atoms with E-state index in [1.807, 2.05) is 35.9 Å². The second-order valence-electron chi connectivity index (χ2n) is 6.27. The predicted octanol–water partition coefficient (Wildman–Crippen LogP) is 4.29. The zero-order chi connectivity index (χ0) is 18.4. The van der Waals surface area contributed by atoms with Crippen LogP contribution in [0.3, 0.4) is 0 Å². The van der Waals surface area contributed by atoms with Gasteiger partial charge in [0.25, 0.3) is 5.91 Å². The number of amides is 2. The van der Waals surface area contributed by atoms with E-state index >= 15 is 0 Å². The van der Waals surface area contributed by atoms with Crippen molar-refractivity contribution in [3.8, 4) is 0 Å². The fourth-order valence-electron chi connectivity index (χ4n) is 2.82. The van der Waals surface area contributed by atoms with Crippen LogP contribution in [0, 0.1) is 0 Å². The zero-order valence-electron chi connectivity index (χ0n) is 14.7. The van der Waals surface area contributed by atoms with Gasteiger partial charge in [-0.1, -0.05) is 36.4 Å². The molecule has 3 aromatic rings. The number of nitrogens with one attached hydrogen (secondary N) is 2. The molecule has 26 heavy (non-hydrogen) atoms. The SMILES string of the molecule is CC(NC(=O)CCCNC(=O)c1ccsc1)c1ccc2ccccc2c1. The van der Waals surface area contributed by atoms with Crippen LogP contribution in [0.4, 0.5) is 0 Å². The topological polar surface area (TPSA) is 58.2 Å². The van der Waals surface area contributed by atoms with Gasteiger partial charge in [0.05, 0.1) is 6.04 Å². The van der Waals surface area contributed by atoms with E-state index in [4.69, 9.17) is 0 Å². The van der Waals surface area contributed by atoms with Gasteiger partial charge in [-0.25, -0.2) is 0 Å². The van der Waals surface area contributed by atoms with Gasteiger partial charge in [-0.15, -0.1) is 0 Å². The molecular formula is C21H22N2O2S. The Bertz CT molecular complexity index is 890. The van der Waals surface area contributed by atoms with E-state index in [-0.39, 0.29) is 17.9 Å². The van der Waals surface area contributed by atoms with Crippen LogP contribution in [0.1, 0.15) is 41.7 Å². The van der Waals surface area contributed by atoms with Gasteiger partial charge in [-0.3, -0.25) is 9.59 Å². The molecule has 0 aliphatic rings. The van der Waals surface area contributed by atoms with Gasteiger partial charge in [-0.2, -0.15) is 11.3 Å². The summed E-state index contributed by atoms with van der Waals surface area (Å²) in [4.78, 5) is 24.0. The van der Waals surface area contributed by atoms with Crippen molar-refractivity contribution in [2.75, 3.05) is 6.54 Å². The minimum atomic E-state index is -0.0869. The molecule has 2 N–H and O–H groups in total. The van der Waals surface area contributed by atoms with E-state index in [1.165, 1.54) is 22.1 Å². The summed E-state index contributed by atoms with van der Waals surface area (Å²) in [5, 5.41) is 11.9. The highest BCUT2D eigenvalue weighted by Crippen LogP contribution is 2.20. The van der Waals surface area contributed by atoms with E-state index in [1.54, 1.807) is 6.07 Å². The Morgan fingerprint density at radius 1 is 1.08 bits per heavy atom. The van der Waals surface area contributed by atoms with Crippen LogP contribution in [0.15, 0.2) is 59.3 Å². The first kappa shape index (κ1) is 18.1. The van der Waals surface area contributed by atoms with Gasteiger partial charge in [0.15, 0.2) is 0 Å². The fraction of sp³-hybridized carbons (Fsp3) is 0.238. The Kier molecular flexibility index (Phi) is 6.02. The van der Waals surface area contributed by atoms with Crippen molar-refractivity contribution in [3.05, 3.63) is 70.4 Å². The van der Waals surface area contributed by atoms with E-state index in [9.17, 15) is 9.59 Å². The molecule has 1 aromatic heterocycles. The summed E-state index contributed by atoms with van der Waals surface area (Å²) < 4.78 is 0. The highest BCUT2D eigenvalue weighted by molar-refractivity contribution is 7.08. The fourth-order valence-corrected chi connectivity index (χ4v) is 3.46. The molecule has 3 rings (SSSR count). The Labute approximate surface area is 157 Å². The van der Waals surface area contributed by atoms with Crippen molar-refractivity contribution in [2.45, 2.75) is 25.8 Å². The third-order valence-electron chi connectivity index (χ3n) is 4.30. The minimum absolute atomic E-state index is 0.00422. The average Bonchev–Trinajstić information content (AvgIpc) is 3.19. The second-order valence-corrected chi connectivity index (χ2v) is 7.05. The van der Waals surface area contributed by atoms with Gasteiger partial charge < -0.3 is 10.6 Å². The largest absolute Gasteiger partial charge is 0.352 e. The molecule has 1 atom stereocenters. The van der Waals surface area contributed by atoms with Crippen LogP contribution < -0.4 is 10.6 Å². The van der Waals surface area contributed by atoms with Gasteiger partial charge in [0.1, 0.15) is 0 Å². The Balaban J connectivity index is 1.44. The lowest BCUT2D eigenvalue weighted by Gasteiger charge is -2.15. The zero-order valence-corrected chi connectivity index (χ0v) is 15.5. The Morgan fingerprint density at radius 2 is 1.88 bits per heavy atom. The van der Waals surface area contributed by atoms with Crippen LogP contribution in [0.25, 0.3) is 10.8 Å². The third kappa shape index (κ3) is 4.70. The molecule has 134 valence electrons. The van der Waals surface area contributed by atoms with Crippen molar-refractivity contribution >= 4 is 33.9 Å². The highest BCUT2D eigenvalue weighted by Gasteiger charge is 2.10. The summed E-state index contributed by atoms with van der Waals surface area (Å²) in [5.74, 6) is -0.0911. The smallest absolute Gasteiger partial charge is 0.252 e. The maximum atomic E-state index is 12.1. The number of carbonyl (C=O) groups excluding carboxylic acids is 2. The second kappa shape index (κ2) is 8.63. The molecule has 1 unspecified atom stereocenters. The average molecular weight is 366 g/mol. The van der Waals surface area contributed by atoms with Crippen molar-refractivity contribution in [1.82, 2.24) is 10.6 Å². The first-order chi connectivity index (χ1) is 12.6. The number of carbonyl (C=O) groups is 2. The van der Waals surface area contributed by atoms with Gasteiger partial charge in [0.2, 0.25) is 5.91 Å². The van der Waals surface area contributed by atoms with E-state index in [0.717, 1.165) is 5.56 Å². The summed E-state index contributed by atoms with van der Waals surface area (Å²) >= 11 is 1.49. The van der Waals surface area contributed by atoms with Gasteiger partial charge in [0, 0.05) is 23.9 Å². The Morgan fingerprint density at radius 3 is 2.65 bits per heavy atom. The van der Waals surface area contributed by atoms with Crippen LogP contribution in [-0.2, 0) is 4.79 Å². The molecule has 0 radical (unpaired) electrons. The molecule has 0 saturated heterocycles. The minimum Gasteiger partial charge on any atom is -0.352 e. The molecule has 2 aromatic carbocycles. The molecule has 0 fully saturated rings. The third-order valence-corrected chi connectivity index (χ3v) is 4.98. The first-order valence-corrected chi connectivity index (χ1v) is 9.66. The lowest BCUT2D eigenvalue weighted by Crippen LogP contribution is -2.28. The van der Waals surface area contributed by atoms with Gasteiger partial charge >= 0.3 is 0 Å². The van der Waals surface area contributed by atoms with Crippen molar-refractivity contribution in [1.29, 1.82) is 0 Å². The normalized spacial score (nSPS) is 11.9. The van der Waals surface area contributed by atoms with E-state index in [2.05, 4.69) is 34.9 Å². The molecule has 0 aliphatic carbocycles. The molecule has 1 heterocycles. The number of benzene rings is 2. The molecule has 0 saturated carbocycles. The molecule has 4 nitrogen and oxygen atoms in total. The quantitative estimate of drug-likeness (QED) is 0.613. The molecule has 0 bridgehead atoms. The summed E-state index contributed by atoms with van der Waals surface area (Å²) in [7, 11) is 0. The van der Waals surface area contributed by atoms with Gasteiger partial charge in [-0.05, 0) is 47.2 Å². The van der Waals surface area contributed by atoms with Crippen LogP contribution in [0.5, 0.6) is 0 Å². The highest BCUT2D eigenvalue weighted by atomic mass is 32.1. The van der Waals surface area contributed by atoms with Crippen LogP contribution >= 0.6 is 11.3 Å². The molecule has 2 amide bonds. The lowest BCUT2D eigenvalue weighted by molar-refractivity contribution is -0.121. The van der Waals surface area contributed by atoms with E-state index < -0.39 is 0 Å². The summed E-state index contributed by atoms with van der Waals surface area (Å²) in [6, 6.07) is 16.2. The predicted molar refractivity (Wildman–Crippen MR) is 106 cm³/mol. The number of hydrogen-bond acceptors (Lipinski definition) is 3. The number of fused-ring (bicyclic) bond motifs is 1. The van der Waals surface area contributed by atoms with Crippen molar-refractivity contribution in [3.63, 3.8) is 0 Å². The summed E-state index contributed by atoms with van der Waals surface area (Å²) in [6.07, 6.45) is 1.01. The molecule has 0 spiro atoms. The summed E-state index contributed by atoms with van der Waals surface area (Å²) in [5.41, 5.74) is 1.76. The molecular weight excluding hydrogens is 344 g/mol. The maximum absolute atomic E-state index is 12.1. The number of rotatable bonds is 7. The first-order valence-electron chi connectivity index (χ1n) is 8.72.